The third-order valence-corrected chi connectivity index (χ3v) is 2.61. The van der Waals surface area contributed by atoms with E-state index in [2.05, 4.69) is 9.55 Å². The molecule has 0 aromatic carbocycles. The molecule has 1 aromatic heterocycles. The van der Waals surface area contributed by atoms with Crippen LogP contribution >= 0.6 is 0 Å². The van der Waals surface area contributed by atoms with Crippen LogP contribution in [0.15, 0.2) is 12.5 Å². The fourth-order valence-corrected chi connectivity index (χ4v) is 1.67. The molecule has 3 nitrogen and oxygen atoms in total. The summed E-state index contributed by atoms with van der Waals surface area (Å²) in [7, 11) is 0. The lowest BCUT2D eigenvalue weighted by Gasteiger charge is -2.28. The maximum absolute atomic E-state index is 5.51. The summed E-state index contributed by atoms with van der Waals surface area (Å²) in [6.07, 6.45) is 8.82. The van der Waals surface area contributed by atoms with Gasteiger partial charge in [-0.15, -0.1) is 0 Å². The molecule has 1 fully saturated rings. The lowest BCUT2D eigenvalue weighted by atomic mass is 9.92. The van der Waals surface area contributed by atoms with E-state index in [1.807, 2.05) is 12.5 Å². The van der Waals surface area contributed by atoms with Gasteiger partial charge in [0, 0.05) is 24.4 Å². The summed E-state index contributed by atoms with van der Waals surface area (Å²) in [6.45, 7) is 0.721. The predicted molar refractivity (Wildman–Crippen MR) is 47.9 cm³/mol. The van der Waals surface area contributed by atoms with Gasteiger partial charge in [0.2, 0.25) is 0 Å². The highest BCUT2D eigenvalue weighted by molar-refractivity contribution is 5.02. The van der Waals surface area contributed by atoms with Crippen molar-refractivity contribution < 1.29 is 0 Å². The summed E-state index contributed by atoms with van der Waals surface area (Å²) >= 11 is 0. The summed E-state index contributed by atoms with van der Waals surface area (Å²) in [5.41, 5.74) is 6.80. The zero-order chi connectivity index (χ0) is 8.39. The van der Waals surface area contributed by atoms with Crippen molar-refractivity contribution in [3.05, 3.63) is 18.2 Å². The molecule has 2 rings (SSSR count). The molecule has 0 aliphatic heterocycles. The van der Waals surface area contributed by atoms with Crippen LogP contribution in [0.1, 0.15) is 31.0 Å². The first kappa shape index (κ1) is 7.80. The van der Waals surface area contributed by atoms with Gasteiger partial charge in [0.25, 0.3) is 0 Å². The van der Waals surface area contributed by atoms with Gasteiger partial charge < -0.3 is 10.3 Å². The van der Waals surface area contributed by atoms with Crippen LogP contribution in [0.4, 0.5) is 0 Å². The Labute approximate surface area is 72.6 Å². The average molecular weight is 165 g/mol. The molecule has 1 heterocycles. The van der Waals surface area contributed by atoms with Gasteiger partial charge in [-0.25, -0.2) is 4.98 Å². The van der Waals surface area contributed by atoms with Crippen LogP contribution in [-0.4, -0.2) is 16.1 Å². The summed E-state index contributed by atoms with van der Waals surface area (Å²) in [4.78, 5) is 4.15. The molecule has 0 saturated heterocycles. The van der Waals surface area contributed by atoms with E-state index >= 15 is 0 Å². The van der Waals surface area contributed by atoms with Crippen LogP contribution in [0.25, 0.3) is 0 Å². The topological polar surface area (TPSA) is 43.8 Å². The molecule has 0 radical (unpaired) electrons. The van der Waals surface area contributed by atoms with Gasteiger partial charge >= 0.3 is 0 Å². The Kier molecular flexibility index (Phi) is 2.13. The number of nitrogens with two attached hydrogens (primary N) is 1. The summed E-state index contributed by atoms with van der Waals surface area (Å²) in [5.74, 6) is 0. The Morgan fingerprint density at radius 2 is 2.42 bits per heavy atom. The van der Waals surface area contributed by atoms with Crippen LogP contribution in [0.3, 0.4) is 0 Å². The van der Waals surface area contributed by atoms with Gasteiger partial charge in [0.15, 0.2) is 0 Å². The monoisotopic (exact) mass is 165 g/mol. The van der Waals surface area contributed by atoms with E-state index in [9.17, 15) is 0 Å². The number of aromatic nitrogens is 2. The Balaban J connectivity index is 2.12. The molecule has 0 atom stereocenters. The van der Waals surface area contributed by atoms with Crippen LogP contribution in [0, 0.1) is 0 Å². The molecule has 2 N–H and O–H groups in total. The molecular weight excluding hydrogens is 150 g/mol. The van der Waals surface area contributed by atoms with Crippen LogP contribution < -0.4 is 5.73 Å². The average Bonchev–Trinajstić information content (AvgIpc) is 2.35. The molecule has 3 heteroatoms. The minimum atomic E-state index is 0.717. The van der Waals surface area contributed by atoms with Crippen molar-refractivity contribution >= 4 is 0 Å². The molecule has 1 aromatic rings. The number of nitrogens with zero attached hydrogens (tertiary/aromatic N) is 2. The largest absolute Gasteiger partial charge is 0.332 e. The van der Waals surface area contributed by atoms with Crippen LogP contribution in [0.2, 0.25) is 0 Å². The van der Waals surface area contributed by atoms with Crippen molar-refractivity contribution in [2.24, 2.45) is 5.73 Å². The molecule has 0 unspecified atom stereocenters. The second kappa shape index (κ2) is 3.27. The molecule has 0 amide bonds. The summed E-state index contributed by atoms with van der Waals surface area (Å²) in [5, 5.41) is 0. The van der Waals surface area contributed by atoms with Crippen molar-refractivity contribution in [1.29, 1.82) is 0 Å². The first-order valence-electron chi connectivity index (χ1n) is 4.62. The van der Waals surface area contributed by atoms with Gasteiger partial charge in [0.05, 0.1) is 6.33 Å². The fourth-order valence-electron chi connectivity index (χ4n) is 1.67. The van der Waals surface area contributed by atoms with Gasteiger partial charge in [-0.05, 0) is 25.8 Å². The standard InChI is InChI=1S/C9H15N3/c10-5-4-9-6-11-7-12(9)8-2-1-3-8/h6-8H,1-5,10H2. The van der Waals surface area contributed by atoms with Gasteiger partial charge in [0.1, 0.15) is 0 Å². The zero-order valence-electron chi connectivity index (χ0n) is 7.24. The fraction of sp³-hybridized carbons (Fsp3) is 0.667. The summed E-state index contributed by atoms with van der Waals surface area (Å²) in [6, 6.07) is 0.717. The zero-order valence-corrected chi connectivity index (χ0v) is 7.24. The third kappa shape index (κ3) is 1.25. The maximum Gasteiger partial charge on any atom is 0.0950 e. The predicted octanol–water partition coefficient (Wildman–Crippen LogP) is 1.11. The lowest BCUT2D eigenvalue weighted by Crippen LogP contribution is -2.19. The SMILES string of the molecule is NCCc1cncn1C1CCC1. The normalized spacial score (nSPS) is 17.8. The van der Waals surface area contributed by atoms with Crippen molar-refractivity contribution in [2.75, 3.05) is 6.54 Å². The smallest absolute Gasteiger partial charge is 0.0950 e. The number of hydrogen-bond acceptors (Lipinski definition) is 2. The van der Waals surface area contributed by atoms with Gasteiger partial charge in [-0.3, -0.25) is 0 Å². The van der Waals surface area contributed by atoms with E-state index in [0.29, 0.717) is 6.04 Å². The van der Waals surface area contributed by atoms with E-state index in [-0.39, 0.29) is 0 Å². The molecule has 0 bridgehead atoms. The molecule has 1 saturated carbocycles. The van der Waals surface area contributed by atoms with E-state index in [1.165, 1.54) is 25.0 Å². The Bertz CT molecular complexity index is 250. The van der Waals surface area contributed by atoms with E-state index in [1.54, 1.807) is 0 Å². The lowest BCUT2D eigenvalue weighted by molar-refractivity contribution is 0.307. The van der Waals surface area contributed by atoms with Crippen molar-refractivity contribution in [3.63, 3.8) is 0 Å². The molecule has 12 heavy (non-hydrogen) atoms. The van der Waals surface area contributed by atoms with Crippen molar-refractivity contribution in [2.45, 2.75) is 31.7 Å². The van der Waals surface area contributed by atoms with Gasteiger partial charge in [-0.2, -0.15) is 0 Å². The first-order valence-corrected chi connectivity index (χ1v) is 4.62. The number of imidazole rings is 1. The minimum absolute atomic E-state index is 0.717. The Morgan fingerprint density at radius 1 is 1.58 bits per heavy atom. The number of hydrogen-bond donors (Lipinski definition) is 1. The highest BCUT2D eigenvalue weighted by Gasteiger charge is 2.20. The minimum Gasteiger partial charge on any atom is -0.332 e. The van der Waals surface area contributed by atoms with Crippen molar-refractivity contribution in [3.8, 4) is 0 Å². The van der Waals surface area contributed by atoms with E-state index < -0.39 is 0 Å². The van der Waals surface area contributed by atoms with Crippen LogP contribution in [-0.2, 0) is 6.42 Å². The quantitative estimate of drug-likeness (QED) is 0.729. The highest BCUT2D eigenvalue weighted by Crippen LogP contribution is 2.32. The molecule has 1 aliphatic carbocycles. The summed E-state index contributed by atoms with van der Waals surface area (Å²) < 4.78 is 2.29. The maximum atomic E-state index is 5.51. The molecule has 1 aliphatic rings. The number of rotatable bonds is 3. The molecule has 66 valence electrons. The van der Waals surface area contributed by atoms with E-state index in [4.69, 9.17) is 5.73 Å². The second-order valence-electron chi connectivity index (χ2n) is 3.42. The molecular formula is C9H15N3. The van der Waals surface area contributed by atoms with E-state index in [0.717, 1.165) is 13.0 Å². The molecule has 0 spiro atoms. The first-order chi connectivity index (χ1) is 5.92. The third-order valence-electron chi connectivity index (χ3n) is 2.61. The second-order valence-corrected chi connectivity index (χ2v) is 3.42. The van der Waals surface area contributed by atoms with Crippen LogP contribution in [0.5, 0.6) is 0 Å². The van der Waals surface area contributed by atoms with Gasteiger partial charge in [-0.1, -0.05) is 0 Å². The Morgan fingerprint density at radius 3 is 3.00 bits per heavy atom. The van der Waals surface area contributed by atoms with Crippen molar-refractivity contribution in [1.82, 2.24) is 9.55 Å². The highest BCUT2D eigenvalue weighted by atomic mass is 15.1. The Hall–Kier alpha value is -0.830.